The quantitative estimate of drug-likeness (QED) is 0.156. The molecule has 6 nitrogen and oxygen atoms in total. The first kappa shape index (κ1) is 29.6. The molecule has 0 unspecified atom stereocenters. The average molecular weight is 579 g/mol. The minimum Gasteiger partial charge on any atom is -0.224 e. The first-order valence-electron chi connectivity index (χ1n) is 13.9. The van der Waals surface area contributed by atoms with Gasteiger partial charge in [-0.3, -0.25) is 0 Å². The fourth-order valence-corrected chi connectivity index (χ4v) is 7.50. The number of benzene rings is 2. The number of sulfone groups is 2. The summed E-state index contributed by atoms with van der Waals surface area (Å²) < 4.78 is 56.4. The van der Waals surface area contributed by atoms with E-state index in [-0.39, 0.29) is 34.1 Å². The molecule has 40 heavy (non-hydrogen) atoms. The van der Waals surface area contributed by atoms with Crippen LogP contribution in [0.15, 0.2) is 107 Å². The van der Waals surface area contributed by atoms with Crippen LogP contribution in [0, 0.1) is 0 Å². The van der Waals surface area contributed by atoms with Crippen molar-refractivity contribution in [3.63, 3.8) is 0 Å². The molecule has 0 N–H and O–H groups in total. The molecular weight excluding hydrogens is 540 g/mol. The van der Waals surface area contributed by atoms with Crippen LogP contribution in [0.5, 0.6) is 0 Å². The number of pyridine rings is 2. The lowest BCUT2D eigenvalue weighted by Crippen LogP contribution is -2.31. The van der Waals surface area contributed by atoms with Crippen molar-refractivity contribution >= 4 is 19.7 Å². The van der Waals surface area contributed by atoms with Gasteiger partial charge in [0.25, 0.3) is 0 Å². The Bertz CT molecular complexity index is 1510. The summed E-state index contributed by atoms with van der Waals surface area (Å²) in [4.78, 5) is 0.517. The van der Waals surface area contributed by atoms with Gasteiger partial charge in [-0.2, -0.15) is 0 Å². The Labute approximate surface area is 238 Å². The molecule has 0 spiro atoms. The lowest BCUT2D eigenvalue weighted by molar-refractivity contribution is -0.697. The minimum absolute atomic E-state index is 0.0981. The first-order valence-corrected chi connectivity index (χ1v) is 17.2. The van der Waals surface area contributed by atoms with E-state index in [4.69, 9.17) is 0 Å². The third kappa shape index (κ3) is 7.64. The zero-order valence-electron chi connectivity index (χ0n) is 23.2. The summed E-state index contributed by atoms with van der Waals surface area (Å²) in [6, 6.07) is 21.9. The van der Waals surface area contributed by atoms with Gasteiger partial charge >= 0.3 is 0 Å². The van der Waals surface area contributed by atoms with E-state index in [1.807, 2.05) is 61.2 Å². The zero-order valence-corrected chi connectivity index (χ0v) is 24.9. The maximum absolute atomic E-state index is 13.1. The molecular formula is C32H38N2O4S2+2. The lowest BCUT2D eigenvalue weighted by Gasteiger charge is -2.09. The highest BCUT2D eigenvalue weighted by Gasteiger charge is 2.19. The van der Waals surface area contributed by atoms with E-state index >= 15 is 0 Å². The van der Waals surface area contributed by atoms with E-state index in [0.29, 0.717) is 0 Å². The number of aryl methyl sites for hydroxylation is 2. The summed E-state index contributed by atoms with van der Waals surface area (Å²) in [6.07, 6.45) is 10.6. The van der Waals surface area contributed by atoms with Crippen LogP contribution in [-0.4, -0.2) is 28.3 Å². The molecule has 4 rings (SSSR count). The van der Waals surface area contributed by atoms with Gasteiger partial charge in [0.2, 0.25) is 0 Å². The predicted octanol–water partition coefficient (Wildman–Crippen LogP) is 5.44. The maximum Gasteiger partial charge on any atom is 0.178 e. The second-order valence-corrected chi connectivity index (χ2v) is 14.3. The predicted molar refractivity (Wildman–Crippen MR) is 158 cm³/mol. The van der Waals surface area contributed by atoms with Crippen molar-refractivity contribution < 1.29 is 26.0 Å². The van der Waals surface area contributed by atoms with Gasteiger partial charge in [-0.1, -0.05) is 38.1 Å². The Balaban J connectivity index is 1.37. The number of aromatic nitrogens is 2. The van der Waals surface area contributed by atoms with Crippen LogP contribution in [0.25, 0.3) is 22.3 Å². The highest BCUT2D eigenvalue weighted by Crippen LogP contribution is 2.25. The minimum atomic E-state index is -3.54. The third-order valence-electron chi connectivity index (χ3n) is 6.87. The molecule has 0 amide bonds. The van der Waals surface area contributed by atoms with Gasteiger partial charge in [0.1, 0.15) is 13.1 Å². The van der Waals surface area contributed by atoms with Crippen LogP contribution in [0.1, 0.15) is 39.5 Å². The van der Waals surface area contributed by atoms with Crippen molar-refractivity contribution in [2.45, 2.75) is 62.4 Å². The summed E-state index contributed by atoms with van der Waals surface area (Å²) in [5, 5.41) is 0. The highest BCUT2D eigenvalue weighted by molar-refractivity contribution is 7.91. The molecule has 0 radical (unpaired) electrons. The number of nitrogens with zero attached hydrogens (tertiary/aromatic N) is 2. The van der Waals surface area contributed by atoms with E-state index in [0.717, 1.165) is 48.2 Å². The molecule has 0 aliphatic rings. The number of rotatable bonds is 13. The Morgan fingerprint density at radius 2 is 0.900 bits per heavy atom. The Kier molecular flexibility index (Phi) is 9.87. The fraction of sp³-hybridized carbons (Fsp3) is 0.312. The molecule has 0 bridgehead atoms. The van der Waals surface area contributed by atoms with Gasteiger partial charge in [-0.25, -0.2) is 26.0 Å². The molecule has 2 heterocycles. The Morgan fingerprint density at radius 1 is 0.525 bits per heavy atom. The SMILES string of the molecule is CCC[n+]1ccc(-c2cccc(S(=O)(=O)CCCCS(=O)(=O)c3cccc(-c4cc[n+](CCC)cc4)c3)c2)cc1. The van der Waals surface area contributed by atoms with Crippen LogP contribution >= 0.6 is 0 Å². The van der Waals surface area contributed by atoms with Crippen molar-refractivity contribution in [1.82, 2.24) is 0 Å². The van der Waals surface area contributed by atoms with Gasteiger partial charge in [0.05, 0.1) is 21.3 Å². The second kappa shape index (κ2) is 13.3. The number of hydrogen-bond acceptors (Lipinski definition) is 4. The molecule has 210 valence electrons. The van der Waals surface area contributed by atoms with Gasteiger partial charge in [-0.15, -0.1) is 0 Å². The van der Waals surface area contributed by atoms with Crippen molar-refractivity contribution in [2.75, 3.05) is 11.5 Å². The first-order chi connectivity index (χ1) is 19.2. The largest absolute Gasteiger partial charge is 0.224 e. The molecule has 8 heteroatoms. The standard InChI is InChI=1S/C32H38N2O4S2/c1-3-17-33-19-13-27(14-20-33)29-9-7-11-31(25-29)39(35,36)23-5-6-24-40(37,38)32-12-8-10-30(26-32)28-15-21-34(18-4-2)22-16-28/h7-16,19-22,25-26H,3-6,17-18,23-24H2,1-2H3/q+2. The Hall–Kier alpha value is -3.36. The zero-order chi connectivity index (χ0) is 28.6. The second-order valence-electron chi connectivity index (χ2n) is 10.0. The summed E-state index contributed by atoms with van der Waals surface area (Å²) in [6.45, 7) is 6.11. The van der Waals surface area contributed by atoms with E-state index in [1.165, 1.54) is 0 Å². The molecule has 0 saturated heterocycles. The molecule has 4 aromatic rings. The molecule has 0 aliphatic carbocycles. The van der Waals surface area contributed by atoms with E-state index < -0.39 is 19.7 Å². The fourth-order valence-electron chi connectivity index (χ4n) is 4.67. The maximum atomic E-state index is 13.1. The normalized spacial score (nSPS) is 11.9. The van der Waals surface area contributed by atoms with Crippen molar-refractivity contribution in [1.29, 1.82) is 0 Å². The van der Waals surface area contributed by atoms with Crippen LogP contribution in [0.4, 0.5) is 0 Å². The average Bonchev–Trinajstić information content (AvgIpc) is 2.97. The summed E-state index contributed by atoms with van der Waals surface area (Å²) in [5.41, 5.74) is 3.58. The monoisotopic (exact) mass is 578 g/mol. The van der Waals surface area contributed by atoms with E-state index in [9.17, 15) is 16.8 Å². The summed E-state index contributed by atoms with van der Waals surface area (Å²) in [7, 11) is -7.09. The van der Waals surface area contributed by atoms with Crippen molar-refractivity contribution in [3.05, 3.63) is 97.6 Å². The highest BCUT2D eigenvalue weighted by atomic mass is 32.2. The van der Waals surface area contributed by atoms with Crippen LogP contribution in [0.2, 0.25) is 0 Å². The third-order valence-corrected chi connectivity index (χ3v) is 10.5. The number of unbranched alkanes of at least 4 members (excludes halogenated alkanes) is 1. The molecule has 0 aliphatic heterocycles. The van der Waals surface area contributed by atoms with Gasteiger partial charge in [0.15, 0.2) is 44.5 Å². The van der Waals surface area contributed by atoms with Crippen LogP contribution in [-0.2, 0) is 32.8 Å². The van der Waals surface area contributed by atoms with E-state index in [2.05, 4.69) is 23.0 Å². The molecule has 0 saturated carbocycles. The molecule has 2 aromatic heterocycles. The van der Waals surface area contributed by atoms with Gasteiger partial charge in [-0.05, 0) is 59.4 Å². The molecule has 2 aromatic carbocycles. The summed E-state index contributed by atoms with van der Waals surface area (Å²) in [5.74, 6) is -0.196. The topological polar surface area (TPSA) is 76.0 Å². The van der Waals surface area contributed by atoms with Crippen molar-refractivity contribution in [2.24, 2.45) is 0 Å². The molecule has 0 fully saturated rings. The van der Waals surface area contributed by atoms with Crippen molar-refractivity contribution in [3.8, 4) is 22.3 Å². The van der Waals surface area contributed by atoms with Gasteiger partial charge < -0.3 is 0 Å². The smallest absolute Gasteiger partial charge is 0.178 e. The summed E-state index contributed by atoms with van der Waals surface area (Å²) >= 11 is 0. The Morgan fingerprint density at radius 3 is 1.25 bits per heavy atom. The van der Waals surface area contributed by atoms with Crippen LogP contribution in [0.3, 0.4) is 0 Å². The van der Waals surface area contributed by atoms with E-state index in [1.54, 1.807) is 36.4 Å². The van der Waals surface area contributed by atoms with Crippen LogP contribution < -0.4 is 9.13 Å². The molecule has 0 atom stereocenters. The van der Waals surface area contributed by atoms with Gasteiger partial charge in [0, 0.05) is 37.1 Å². The number of hydrogen-bond donors (Lipinski definition) is 0. The lowest BCUT2D eigenvalue weighted by atomic mass is 10.1.